The van der Waals surface area contributed by atoms with Gasteiger partial charge in [0, 0.05) is 17.0 Å². The van der Waals surface area contributed by atoms with E-state index in [0.717, 1.165) is 29.2 Å². The van der Waals surface area contributed by atoms with Crippen LogP contribution in [0, 0.1) is 13.8 Å². The topological polar surface area (TPSA) is 35.2 Å². The van der Waals surface area contributed by atoms with Crippen molar-refractivity contribution < 1.29 is 4.74 Å². The van der Waals surface area contributed by atoms with E-state index < -0.39 is 0 Å². The summed E-state index contributed by atoms with van der Waals surface area (Å²) in [6, 6.07) is 10.4. The first kappa shape index (κ1) is 14.4. The first-order valence-electron chi connectivity index (χ1n) is 7.36. The second-order valence-electron chi connectivity index (χ2n) is 5.73. The molecule has 2 aromatic carbocycles. The van der Waals surface area contributed by atoms with E-state index in [1.54, 1.807) is 0 Å². The Morgan fingerprint density at radius 3 is 2.62 bits per heavy atom. The molecular weight excluding hydrogens is 282 g/mol. The first-order chi connectivity index (χ1) is 10.1. The summed E-state index contributed by atoms with van der Waals surface area (Å²) in [4.78, 5) is 0. The Bertz CT molecular complexity index is 661. The molecule has 110 valence electrons. The summed E-state index contributed by atoms with van der Waals surface area (Å²) in [6.07, 6.45) is 1.94. The number of ether oxygens (including phenoxy) is 1. The van der Waals surface area contributed by atoms with E-state index in [0.29, 0.717) is 6.54 Å². The van der Waals surface area contributed by atoms with Crippen molar-refractivity contribution in [2.75, 3.05) is 6.54 Å². The summed E-state index contributed by atoms with van der Waals surface area (Å²) in [7, 11) is 0. The Morgan fingerprint density at radius 1 is 1.24 bits per heavy atom. The molecule has 0 spiro atoms. The second-order valence-corrected chi connectivity index (χ2v) is 6.17. The zero-order valence-corrected chi connectivity index (χ0v) is 13.2. The molecule has 3 heteroatoms. The van der Waals surface area contributed by atoms with Crippen molar-refractivity contribution in [1.82, 2.24) is 0 Å². The number of hydrogen-bond donors (Lipinski definition) is 1. The lowest BCUT2D eigenvalue weighted by Gasteiger charge is -2.15. The summed E-state index contributed by atoms with van der Waals surface area (Å²) < 4.78 is 6.16. The van der Waals surface area contributed by atoms with Crippen LogP contribution >= 0.6 is 11.6 Å². The maximum Gasteiger partial charge on any atom is 0.131 e. The molecular formula is C18H20ClNO. The molecule has 0 bridgehead atoms. The Labute approximate surface area is 130 Å². The SMILES string of the molecule is Cc1cccc(C)c1-c1cc(Cl)cc2c1OC(CCN)C2. The fraction of sp³-hybridized carbons (Fsp3) is 0.333. The van der Waals surface area contributed by atoms with E-state index in [-0.39, 0.29) is 6.10 Å². The Hall–Kier alpha value is -1.51. The van der Waals surface area contributed by atoms with Crippen LogP contribution in [0.1, 0.15) is 23.1 Å². The van der Waals surface area contributed by atoms with Crippen molar-refractivity contribution in [3.8, 4) is 16.9 Å². The first-order valence-corrected chi connectivity index (χ1v) is 7.73. The van der Waals surface area contributed by atoms with Crippen LogP contribution in [0.25, 0.3) is 11.1 Å². The normalized spacial score (nSPS) is 16.7. The molecule has 0 saturated heterocycles. The third-order valence-electron chi connectivity index (χ3n) is 4.10. The maximum atomic E-state index is 6.33. The predicted molar refractivity (Wildman–Crippen MR) is 88.2 cm³/mol. The molecule has 0 saturated carbocycles. The van der Waals surface area contributed by atoms with Crippen LogP contribution in [0.2, 0.25) is 5.02 Å². The summed E-state index contributed by atoms with van der Waals surface area (Å²) in [5.74, 6) is 0.982. The van der Waals surface area contributed by atoms with Crippen molar-refractivity contribution in [2.45, 2.75) is 32.8 Å². The van der Waals surface area contributed by atoms with Crippen molar-refractivity contribution in [3.63, 3.8) is 0 Å². The minimum Gasteiger partial charge on any atom is -0.489 e. The third kappa shape index (κ3) is 2.66. The summed E-state index contributed by atoms with van der Waals surface area (Å²) in [5.41, 5.74) is 11.7. The van der Waals surface area contributed by atoms with E-state index in [9.17, 15) is 0 Å². The van der Waals surface area contributed by atoms with E-state index in [1.165, 1.54) is 22.3 Å². The van der Waals surface area contributed by atoms with Crippen LogP contribution < -0.4 is 10.5 Å². The Kier molecular flexibility index (Phi) is 3.92. The van der Waals surface area contributed by atoms with Gasteiger partial charge in [-0.25, -0.2) is 0 Å². The lowest BCUT2D eigenvalue weighted by atomic mass is 9.93. The fourth-order valence-electron chi connectivity index (χ4n) is 3.17. The van der Waals surface area contributed by atoms with Crippen LogP contribution in [0.5, 0.6) is 5.75 Å². The highest BCUT2D eigenvalue weighted by molar-refractivity contribution is 6.31. The molecule has 1 aliphatic rings. The van der Waals surface area contributed by atoms with Crippen molar-refractivity contribution in [3.05, 3.63) is 52.0 Å². The highest BCUT2D eigenvalue weighted by Gasteiger charge is 2.27. The molecule has 2 aromatic rings. The van der Waals surface area contributed by atoms with Gasteiger partial charge in [-0.15, -0.1) is 0 Å². The standard InChI is InChI=1S/C18H20ClNO/c1-11-4-3-5-12(2)17(11)16-10-14(19)8-13-9-15(6-7-20)21-18(13)16/h3-5,8,10,15H,6-7,9,20H2,1-2H3. The van der Waals surface area contributed by atoms with Crippen LogP contribution in [0.3, 0.4) is 0 Å². The monoisotopic (exact) mass is 301 g/mol. The van der Waals surface area contributed by atoms with Gasteiger partial charge in [-0.3, -0.25) is 0 Å². The molecule has 0 radical (unpaired) electrons. The van der Waals surface area contributed by atoms with Gasteiger partial charge in [0.2, 0.25) is 0 Å². The lowest BCUT2D eigenvalue weighted by molar-refractivity contribution is 0.225. The zero-order valence-electron chi connectivity index (χ0n) is 12.4. The highest BCUT2D eigenvalue weighted by Crippen LogP contribution is 2.43. The van der Waals surface area contributed by atoms with Gasteiger partial charge in [0.25, 0.3) is 0 Å². The molecule has 0 aliphatic carbocycles. The zero-order chi connectivity index (χ0) is 15.0. The van der Waals surface area contributed by atoms with Gasteiger partial charge in [0.15, 0.2) is 0 Å². The minimum atomic E-state index is 0.173. The van der Waals surface area contributed by atoms with E-state index >= 15 is 0 Å². The van der Waals surface area contributed by atoms with Gasteiger partial charge in [-0.1, -0.05) is 29.8 Å². The second kappa shape index (κ2) is 5.70. The Morgan fingerprint density at radius 2 is 1.95 bits per heavy atom. The number of hydrogen-bond acceptors (Lipinski definition) is 2. The summed E-state index contributed by atoms with van der Waals surface area (Å²) in [6.45, 7) is 4.90. The van der Waals surface area contributed by atoms with Gasteiger partial charge in [-0.2, -0.15) is 0 Å². The van der Waals surface area contributed by atoms with E-state index in [4.69, 9.17) is 22.1 Å². The summed E-state index contributed by atoms with van der Waals surface area (Å²) in [5, 5.41) is 0.767. The number of rotatable bonds is 3. The number of fused-ring (bicyclic) bond motifs is 1. The third-order valence-corrected chi connectivity index (χ3v) is 4.32. The average Bonchev–Trinajstić information content (AvgIpc) is 2.81. The van der Waals surface area contributed by atoms with Crippen LogP contribution in [0.15, 0.2) is 30.3 Å². The van der Waals surface area contributed by atoms with Crippen LogP contribution in [0.4, 0.5) is 0 Å². The number of benzene rings is 2. The van der Waals surface area contributed by atoms with Crippen molar-refractivity contribution >= 4 is 11.6 Å². The van der Waals surface area contributed by atoms with Crippen molar-refractivity contribution in [1.29, 1.82) is 0 Å². The molecule has 0 amide bonds. The Balaban J connectivity index is 2.14. The maximum absolute atomic E-state index is 6.33. The highest BCUT2D eigenvalue weighted by atomic mass is 35.5. The smallest absolute Gasteiger partial charge is 0.131 e. The van der Waals surface area contributed by atoms with E-state index in [2.05, 4.69) is 32.0 Å². The number of aryl methyl sites for hydroxylation is 2. The van der Waals surface area contributed by atoms with Gasteiger partial charge in [-0.05, 0) is 61.2 Å². The fourth-order valence-corrected chi connectivity index (χ4v) is 3.41. The molecule has 21 heavy (non-hydrogen) atoms. The van der Waals surface area contributed by atoms with Gasteiger partial charge >= 0.3 is 0 Å². The molecule has 1 heterocycles. The number of nitrogens with two attached hydrogens (primary N) is 1. The molecule has 2 N–H and O–H groups in total. The lowest BCUT2D eigenvalue weighted by Crippen LogP contribution is -2.17. The molecule has 0 aromatic heterocycles. The molecule has 1 atom stereocenters. The number of halogens is 1. The molecule has 3 rings (SSSR count). The van der Waals surface area contributed by atoms with Gasteiger partial charge in [0.1, 0.15) is 11.9 Å². The molecule has 1 unspecified atom stereocenters. The van der Waals surface area contributed by atoms with E-state index in [1.807, 2.05) is 12.1 Å². The predicted octanol–water partition coefficient (Wildman–Crippen LogP) is 4.28. The van der Waals surface area contributed by atoms with Crippen LogP contribution in [-0.2, 0) is 6.42 Å². The largest absolute Gasteiger partial charge is 0.489 e. The quantitative estimate of drug-likeness (QED) is 0.918. The molecule has 2 nitrogen and oxygen atoms in total. The van der Waals surface area contributed by atoms with Gasteiger partial charge < -0.3 is 10.5 Å². The molecule has 1 aliphatic heterocycles. The van der Waals surface area contributed by atoms with Crippen molar-refractivity contribution in [2.24, 2.45) is 5.73 Å². The van der Waals surface area contributed by atoms with Crippen LogP contribution in [-0.4, -0.2) is 12.6 Å². The minimum absolute atomic E-state index is 0.173. The molecule has 0 fully saturated rings. The average molecular weight is 302 g/mol. The van der Waals surface area contributed by atoms with Gasteiger partial charge in [0.05, 0.1) is 0 Å². The summed E-state index contributed by atoms with van der Waals surface area (Å²) >= 11 is 6.33.